The Morgan fingerprint density at radius 1 is 1.04 bits per heavy atom. The van der Waals surface area contributed by atoms with Crippen molar-refractivity contribution in [2.24, 2.45) is 0 Å². The second-order valence-corrected chi connectivity index (χ2v) is 5.38. The average molecular weight is 348 g/mol. The Morgan fingerprint density at radius 3 is 2.50 bits per heavy atom. The summed E-state index contributed by atoms with van der Waals surface area (Å²) in [7, 11) is 0. The Balaban J connectivity index is 1.82. The molecule has 0 saturated carbocycles. The van der Waals surface area contributed by atoms with Gasteiger partial charge in [-0.1, -0.05) is 23.7 Å². The van der Waals surface area contributed by atoms with Crippen molar-refractivity contribution in [2.75, 3.05) is 10.6 Å². The molecule has 122 valence electrons. The monoisotopic (exact) mass is 347 g/mol. The minimum Gasteiger partial charge on any atom is -0.334 e. The van der Waals surface area contributed by atoms with Gasteiger partial charge >= 0.3 is 0 Å². The molecule has 24 heavy (non-hydrogen) atoms. The lowest BCUT2D eigenvalue weighted by Gasteiger charge is -2.09. The minimum absolute atomic E-state index is 0.148. The van der Waals surface area contributed by atoms with E-state index in [0.29, 0.717) is 10.7 Å². The third-order valence-electron chi connectivity index (χ3n) is 3.20. The molecule has 0 spiro atoms. The standard InChI is InChI=1S/C16H12ClF2N5/c1-9-5-6-10(7-11(9)17)21-16-23-14(8-20-24-16)22-15-12(18)3-2-4-13(15)19/h2-8H,1H3,(H2,21,22,23,24). The Morgan fingerprint density at radius 2 is 1.79 bits per heavy atom. The number of hydrogen-bond acceptors (Lipinski definition) is 5. The number of benzene rings is 2. The number of nitrogens with zero attached hydrogens (tertiary/aromatic N) is 3. The van der Waals surface area contributed by atoms with Crippen LogP contribution in [0.2, 0.25) is 5.02 Å². The molecule has 8 heteroatoms. The van der Waals surface area contributed by atoms with Crippen molar-refractivity contribution in [2.45, 2.75) is 6.92 Å². The van der Waals surface area contributed by atoms with Crippen LogP contribution in [0.4, 0.5) is 31.9 Å². The molecule has 0 aliphatic carbocycles. The first-order chi connectivity index (χ1) is 11.5. The number of nitrogens with one attached hydrogen (secondary N) is 2. The summed E-state index contributed by atoms with van der Waals surface area (Å²) in [5, 5.41) is 13.7. The fraction of sp³-hybridized carbons (Fsp3) is 0.0625. The molecule has 3 rings (SSSR count). The zero-order chi connectivity index (χ0) is 17.1. The SMILES string of the molecule is Cc1ccc(Nc2nncc(Nc3c(F)cccc3F)n2)cc1Cl. The normalized spacial score (nSPS) is 10.5. The highest BCUT2D eigenvalue weighted by Gasteiger charge is 2.10. The molecule has 1 heterocycles. The summed E-state index contributed by atoms with van der Waals surface area (Å²) in [6, 6.07) is 8.94. The first kappa shape index (κ1) is 16.1. The van der Waals surface area contributed by atoms with E-state index in [4.69, 9.17) is 11.6 Å². The lowest BCUT2D eigenvalue weighted by molar-refractivity contribution is 0.590. The van der Waals surface area contributed by atoms with Crippen molar-refractivity contribution in [3.8, 4) is 0 Å². The number of anilines is 4. The molecule has 0 radical (unpaired) electrons. The molecule has 1 aromatic heterocycles. The van der Waals surface area contributed by atoms with Crippen LogP contribution in [-0.4, -0.2) is 15.2 Å². The van der Waals surface area contributed by atoms with Gasteiger partial charge in [-0.15, -0.1) is 5.10 Å². The van der Waals surface area contributed by atoms with Gasteiger partial charge in [0.25, 0.3) is 0 Å². The Kier molecular flexibility index (Phi) is 4.52. The average Bonchev–Trinajstić information content (AvgIpc) is 2.55. The molecule has 0 unspecified atom stereocenters. The van der Waals surface area contributed by atoms with Crippen LogP contribution in [0.5, 0.6) is 0 Å². The summed E-state index contributed by atoms with van der Waals surface area (Å²) in [5.41, 5.74) is 1.30. The molecule has 0 aliphatic heterocycles. The summed E-state index contributed by atoms with van der Waals surface area (Å²) in [4.78, 5) is 4.13. The van der Waals surface area contributed by atoms with Gasteiger partial charge in [0.05, 0.1) is 6.20 Å². The predicted molar refractivity (Wildman–Crippen MR) is 88.9 cm³/mol. The summed E-state index contributed by atoms with van der Waals surface area (Å²) in [6.07, 6.45) is 1.26. The van der Waals surface area contributed by atoms with Crippen LogP contribution in [-0.2, 0) is 0 Å². The van der Waals surface area contributed by atoms with Crippen LogP contribution in [0.25, 0.3) is 0 Å². The second kappa shape index (κ2) is 6.76. The Bertz CT molecular complexity index is 868. The number of hydrogen-bond donors (Lipinski definition) is 2. The van der Waals surface area contributed by atoms with Gasteiger partial charge in [-0.2, -0.15) is 10.1 Å². The summed E-state index contributed by atoms with van der Waals surface area (Å²) < 4.78 is 27.3. The van der Waals surface area contributed by atoms with Crippen LogP contribution in [0, 0.1) is 18.6 Å². The van der Waals surface area contributed by atoms with E-state index in [9.17, 15) is 8.78 Å². The second-order valence-electron chi connectivity index (χ2n) is 4.98. The Labute approximate surface area is 141 Å². The maximum atomic E-state index is 13.7. The highest BCUT2D eigenvalue weighted by molar-refractivity contribution is 6.31. The quantitative estimate of drug-likeness (QED) is 0.722. The zero-order valence-corrected chi connectivity index (χ0v) is 13.3. The minimum atomic E-state index is -0.728. The van der Waals surface area contributed by atoms with Crippen molar-refractivity contribution in [3.63, 3.8) is 0 Å². The van der Waals surface area contributed by atoms with Crippen molar-refractivity contribution in [3.05, 3.63) is 64.8 Å². The van der Waals surface area contributed by atoms with E-state index in [1.807, 2.05) is 13.0 Å². The van der Waals surface area contributed by atoms with Crippen molar-refractivity contribution in [1.29, 1.82) is 0 Å². The van der Waals surface area contributed by atoms with Crippen LogP contribution < -0.4 is 10.6 Å². The number of rotatable bonds is 4. The molecule has 0 saturated heterocycles. The lowest BCUT2D eigenvalue weighted by atomic mass is 10.2. The van der Waals surface area contributed by atoms with Crippen LogP contribution >= 0.6 is 11.6 Å². The molecular formula is C16H12ClF2N5. The maximum Gasteiger partial charge on any atom is 0.249 e. The van der Waals surface area contributed by atoms with Crippen LogP contribution in [0.1, 0.15) is 5.56 Å². The van der Waals surface area contributed by atoms with Crippen molar-refractivity contribution >= 4 is 34.7 Å². The predicted octanol–water partition coefficient (Wildman–Crippen LogP) is 4.60. The maximum absolute atomic E-state index is 13.7. The largest absolute Gasteiger partial charge is 0.334 e. The summed E-state index contributed by atoms with van der Waals surface area (Å²) >= 11 is 6.06. The highest BCUT2D eigenvalue weighted by atomic mass is 35.5. The first-order valence-corrected chi connectivity index (χ1v) is 7.34. The van der Waals surface area contributed by atoms with Gasteiger partial charge in [0.2, 0.25) is 5.95 Å². The molecule has 2 aromatic carbocycles. The van der Waals surface area contributed by atoms with Gasteiger partial charge in [0.15, 0.2) is 5.82 Å². The molecule has 0 amide bonds. The summed E-state index contributed by atoms with van der Waals surface area (Å²) in [5.74, 6) is -1.15. The highest BCUT2D eigenvalue weighted by Crippen LogP contribution is 2.24. The number of para-hydroxylation sites is 1. The van der Waals surface area contributed by atoms with E-state index < -0.39 is 11.6 Å². The molecule has 2 N–H and O–H groups in total. The third-order valence-corrected chi connectivity index (χ3v) is 3.61. The van der Waals surface area contributed by atoms with Crippen LogP contribution in [0.15, 0.2) is 42.6 Å². The van der Waals surface area contributed by atoms with Gasteiger partial charge in [-0.05, 0) is 36.8 Å². The van der Waals surface area contributed by atoms with E-state index >= 15 is 0 Å². The molecule has 0 fully saturated rings. The molecule has 5 nitrogen and oxygen atoms in total. The lowest BCUT2D eigenvalue weighted by Crippen LogP contribution is -2.04. The van der Waals surface area contributed by atoms with E-state index in [-0.39, 0.29) is 17.5 Å². The van der Waals surface area contributed by atoms with Crippen LogP contribution in [0.3, 0.4) is 0 Å². The van der Waals surface area contributed by atoms with Gasteiger partial charge in [0, 0.05) is 10.7 Å². The van der Waals surface area contributed by atoms with Gasteiger partial charge in [-0.3, -0.25) is 0 Å². The third kappa shape index (κ3) is 3.57. The van der Waals surface area contributed by atoms with E-state index in [0.717, 1.165) is 17.7 Å². The fourth-order valence-corrected chi connectivity index (χ4v) is 2.14. The molecule has 0 bridgehead atoms. The molecule has 0 atom stereocenters. The van der Waals surface area contributed by atoms with E-state index in [1.54, 1.807) is 12.1 Å². The first-order valence-electron chi connectivity index (χ1n) is 6.97. The number of aromatic nitrogens is 3. The molecule has 0 aliphatic rings. The smallest absolute Gasteiger partial charge is 0.249 e. The van der Waals surface area contributed by atoms with E-state index in [1.165, 1.54) is 12.3 Å². The van der Waals surface area contributed by atoms with E-state index in [2.05, 4.69) is 25.8 Å². The number of halogens is 3. The zero-order valence-electron chi connectivity index (χ0n) is 12.5. The fourth-order valence-electron chi connectivity index (χ4n) is 1.96. The molecular weight excluding hydrogens is 336 g/mol. The topological polar surface area (TPSA) is 62.7 Å². The van der Waals surface area contributed by atoms with Crippen molar-refractivity contribution < 1.29 is 8.78 Å². The van der Waals surface area contributed by atoms with Gasteiger partial charge in [0.1, 0.15) is 17.3 Å². The number of aryl methyl sites for hydroxylation is 1. The van der Waals surface area contributed by atoms with Crippen molar-refractivity contribution in [1.82, 2.24) is 15.2 Å². The van der Waals surface area contributed by atoms with Gasteiger partial charge in [-0.25, -0.2) is 8.78 Å². The molecule has 3 aromatic rings. The Hall–Kier alpha value is -2.80. The summed E-state index contributed by atoms with van der Waals surface area (Å²) in [6.45, 7) is 1.89. The van der Waals surface area contributed by atoms with Gasteiger partial charge < -0.3 is 10.6 Å².